The molecule has 0 saturated heterocycles. The molecule has 3 nitrogen and oxygen atoms in total. The lowest BCUT2D eigenvalue weighted by molar-refractivity contribution is -0.137. The van der Waals surface area contributed by atoms with Crippen molar-refractivity contribution in [3.8, 4) is 0 Å². The fourth-order valence-corrected chi connectivity index (χ4v) is 2.27. The minimum Gasteiger partial charge on any atom is -0.382 e. The van der Waals surface area contributed by atoms with Gasteiger partial charge in [0.2, 0.25) is 0 Å². The third kappa shape index (κ3) is 4.72. The van der Waals surface area contributed by atoms with Gasteiger partial charge >= 0.3 is 6.18 Å². The lowest BCUT2D eigenvalue weighted by atomic mass is 10.0. The van der Waals surface area contributed by atoms with E-state index in [1.165, 1.54) is 19.2 Å². The Kier molecular flexibility index (Phi) is 5.85. The summed E-state index contributed by atoms with van der Waals surface area (Å²) in [6, 6.07) is 10.1. The van der Waals surface area contributed by atoms with Crippen LogP contribution in [0.2, 0.25) is 5.02 Å². The van der Waals surface area contributed by atoms with Crippen LogP contribution in [-0.4, -0.2) is 25.5 Å². The van der Waals surface area contributed by atoms with Crippen molar-refractivity contribution < 1.29 is 22.7 Å². The molecule has 0 aliphatic heterocycles. The maximum Gasteiger partial charge on any atom is 0.416 e. The Balaban J connectivity index is 2.24. The molecule has 1 atom stereocenters. The predicted octanol–water partition coefficient (Wildman–Crippen LogP) is 4.67. The van der Waals surface area contributed by atoms with Gasteiger partial charge in [0.05, 0.1) is 12.2 Å². The molecule has 128 valence electrons. The van der Waals surface area contributed by atoms with Gasteiger partial charge in [0.15, 0.2) is 5.78 Å². The lowest BCUT2D eigenvalue weighted by Crippen LogP contribution is -2.34. The fourth-order valence-electron chi connectivity index (χ4n) is 2.15. The number of methoxy groups -OCH3 is 1. The van der Waals surface area contributed by atoms with Gasteiger partial charge in [0, 0.05) is 23.4 Å². The number of rotatable bonds is 6. The highest BCUT2D eigenvalue weighted by Gasteiger charge is 2.31. The number of Topliss-reactive ketones (excluding diaryl/α,β-unsaturated/α-hetero) is 1. The predicted molar refractivity (Wildman–Crippen MR) is 86.5 cm³/mol. The third-order valence-electron chi connectivity index (χ3n) is 3.31. The number of hydrogen-bond donors (Lipinski definition) is 1. The van der Waals surface area contributed by atoms with Gasteiger partial charge in [-0.2, -0.15) is 13.2 Å². The van der Waals surface area contributed by atoms with E-state index in [0.29, 0.717) is 10.7 Å². The molecule has 2 aromatic rings. The van der Waals surface area contributed by atoms with Crippen molar-refractivity contribution in [3.05, 3.63) is 64.7 Å². The summed E-state index contributed by atoms with van der Waals surface area (Å²) < 4.78 is 43.4. The smallest absolute Gasteiger partial charge is 0.382 e. The molecular formula is C17H15ClF3NO2. The van der Waals surface area contributed by atoms with Crippen molar-refractivity contribution in [2.75, 3.05) is 19.0 Å². The fraction of sp³-hybridized carbons (Fsp3) is 0.235. The average molecular weight is 358 g/mol. The highest BCUT2D eigenvalue weighted by atomic mass is 35.5. The Morgan fingerprint density at radius 2 is 1.88 bits per heavy atom. The SMILES string of the molecule is COCC(Nc1ccc(Cl)cc1)C(=O)c1cccc(C(F)(F)F)c1. The summed E-state index contributed by atoms with van der Waals surface area (Å²) in [6.07, 6.45) is -4.50. The summed E-state index contributed by atoms with van der Waals surface area (Å²) in [5.74, 6) is -0.488. The maximum atomic E-state index is 12.8. The van der Waals surface area contributed by atoms with E-state index in [2.05, 4.69) is 5.32 Å². The molecule has 2 rings (SSSR count). The summed E-state index contributed by atoms with van der Waals surface area (Å²) in [6.45, 7) is 0.0116. The highest BCUT2D eigenvalue weighted by molar-refractivity contribution is 6.30. The van der Waals surface area contributed by atoms with E-state index in [9.17, 15) is 18.0 Å². The Hall–Kier alpha value is -2.05. The molecule has 0 aliphatic carbocycles. The van der Waals surface area contributed by atoms with Crippen molar-refractivity contribution in [3.63, 3.8) is 0 Å². The average Bonchev–Trinajstić information content (AvgIpc) is 2.55. The molecule has 0 aromatic heterocycles. The van der Waals surface area contributed by atoms with Crippen molar-refractivity contribution in [1.29, 1.82) is 0 Å². The molecule has 0 amide bonds. The first kappa shape index (κ1) is 18.3. The molecule has 7 heteroatoms. The zero-order chi connectivity index (χ0) is 17.7. The quantitative estimate of drug-likeness (QED) is 0.763. The molecule has 0 spiro atoms. The molecule has 1 unspecified atom stereocenters. The Morgan fingerprint density at radius 3 is 2.46 bits per heavy atom. The number of carbonyl (C=O) groups is 1. The van der Waals surface area contributed by atoms with Gasteiger partial charge in [0.25, 0.3) is 0 Å². The normalized spacial score (nSPS) is 12.7. The van der Waals surface area contributed by atoms with E-state index in [1.54, 1.807) is 24.3 Å². The van der Waals surface area contributed by atoms with Crippen LogP contribution in [0.4, 0.5) is 18.9 Å². The van der Waals surface area contributed by atoms with Gasteiger partial charge in [-0.1, -0.05) is 23.7 Å². The summed E-state index contributed by atoms with van der Waals surface area (Å²) in [7, 11) is 1.41. The number of anilines is 1. The van der Waals surface area contributed by atoms with Crippen LogP contribution < -0.4 is 5.32 Å². The van der Waals surface area contributed by atoms with E-state index < -0.39 is 23.6 Å². The second-order valence-corrected chi connectivity index (χ2v) is 5.54. The zero-order valence-corrected chi connectivity index (χ0v) is 13.5. The number of alkyl halides is 3. The first-order chi connectivity index (χ1) is 11.3. The van der Waals surface area contributed by atoms with Gasteiger partial charge in [-0.3, -0.25) is 4.79 Å². The van der Waals surface area contributed by atoms with Crippen LogP contribution in [0.3, 0.4) is 0 Å². The van der Waals surface area contributed by atoms with Gasteiger partial charge in [0.1, 0.15) is 6.04 Å². The van der Waals surface area contributed by atoms with Crippen LogP contribution in [0.5, 0.6) is 0 Å². The zero-order valence-electron chi connectivity index (χ0n) is 12.7. The van der Waals surface area contributed by atoms with Crippen LogP contribution in [0.15, 0.2) is 48.5 Å². The summed E-state index contributed by atoms with van der Waals surface area (Å²) >= 11 is 5.80. The minimum absolute atomic E-state index is 0.0116. The molecule has 0 bridgehead atoms. The first-order valence-corrected chi connectivity index (χ1v) is 7.41. The topological polar surface area (TPSA) is 38.3 Å². The highest BCUT2D eigenvalue weighted by Crippen LogP contribution is 2.30. The van der Waals surface area contributed by atoms with Gasteiger partial charge in [-0.25, -0.2) is 0 Å². The number of ether oxygens (including phenoxy) is 1. The van der Waals surface area contributed by atoms with Crippen molar-refractivity contribution >= 4 is 23.1 Å². The number of halogens is 4. The van der Waals surface area contributed by atoms with Crippen LogP contribution in [0.25, 0.3) is 0 Å². The summed E-state index contributed by atoms with van der Waals surface area (Å²) in [5, 5.41) is 3.48. The maximum absolute atomic E-state index is 12.8. The number of nitrogens with one attached hydrogen (secondary N) is 1. The van der Waals surface area contributed by atoms with Gasteiger partial charge in [-0.15, -0.1) is 0 Å². The van der Waals surface area contributed by atoms with Gasteiger partial charge in [-0.05, 0) is 36.4 Å². The number of ketones is 1. The second-order valence-electron chi connectivity index (χ2n) is 5.10. The second kappa shape index (κ2) is 7.68. The Labute approximate surface area is 142 Å². The Bertz CT molecular complexity index is 702. The third-order valence-corrected chi connectivity index (χ3v) is 3.56. The number of carbonyl (C=O) groups excluding carboxylic acids is 1. The molecule has 0 heterocycles. The molecular weight excluding hydrogens is 343 g/mol. The van der Waals surface area contributed by atoms with Crippen molar-refractivity contribution in [2.24, 2.45) is 0 Å². The van der Waals surface area contributed by atoms with Crippen LogP contribution >= 0.6 is 11.6 Å². The molecule has 0 saturated carbocycles. The monoisotopic (exact) mass is 357 g/mol. The minimum atomic E-state index is -4.50. The van der Waals surface area contributed by atoms with Crippen LogP contribution in [-0.2, 0) is 10.9 Å². The standard InChI is InChI=1S/C17H15ClF3NO2/c1-24-10-15(22-14-7-5-13(18)6-8-14)16(23)11-3-2-4-12(9-11)17(19,20)21/h2-9,15,22H,10H2,1H3. The molecule has 2 aromatic carbocycles. The number of hydrogen-bond acceptors (Lipinski definition) is 3. The largest absolute Gasteiger partial charge is 0.416 e. The first-order valence-electron chi connectivity index (χ1n) is 7.04. The Morgan fingerprint density at radius 1 is 1.21 bits per heavy atom. The van der Waals surface area contributed by atoms with E-state index in [0.717, 1.165) is 12.1 Å². The van der Waals surface area contributed by atoms with E-state index in [4.69, 9.17) is 16.3 Å². The summed E-state index contributed by atoms with van der Waals surface area (Å²) in [4.78, 5) is 12.5. The van der Waals surface area contributed by atoms with Crippen LogP contribution in [0.1, 0.15) is 15.9 Å². The van der Waals surface area contributed by atoms with E-state index in [-0.39, 0.29) is 12.2 Å². The van der Waals surface area contributed by atoms with Crippen molar-refractivity contribution in [1.82, 2.24) is 0 Å². The molecule has 24 heavy (non-hydrogen) atoms. The number of benzene rings is 2. The van der Waals surface area contributed by atoms with E-state index in [1.807, 2.05) is 0 Å². The van der Waals surface area contributed by atoms with Crippen molar-refractivity contribution in [2.45, 2.75) is 12.2 Å². The molecule has 0 radical (unpaired) electrons. The molecule has 0 aliphatic rings. The molecule has 1 N–H and O–H groups in total. The summed E-state index contributed by atoms with van der Waals surface area (Å²) in [5.41, 5.74) is -0.286. The lowest BCUT2D eigenvalue weighted by Gasteiger charge is -2.19. The van der Waals surface area contributed by atoms with Gasteiger partial charge < -0.3 is 10.1 Å². The molecule has 0 fully saturated rings. The van der Waals surface area contributed by atoms with E-state index >= 15 is 0 Å². The van der Waals surface area contributed by atoms with Crippen LogP contribution in [0, 0.1) is 0 Å².